The van der Waals surface area contributed by atoms with Gasteiger partial charge in [-0.05, 0) is 79.5 Å². The molecule has 2 heterocycles. The van der Waals surface area contributed by atoms with Crippen molar-refractivity contribution in [3.63, 3.8) is 0 Å². The van der Waals surface area contributed by atoms with Crippen molar-refractivity contribution in [2.24, 2.45) is 0 Å². The largest absolute Gasteiger partial charge is 0.305 e. The molecular formula is C26H21Cl2N3O2S. The van der Waals surface area contributed by atoms with Crippen LogP contribution < -0.4 is 10.2 Å². The first-order chi connectivity index (χ1) is 16.4. The molecule has 1 fully saturated rings. The van der Waals surface area contributed by atoms with Gasteiger partial charge in [0.1, 0.15) is 5.01 Å². The normalized spacial score (nSPS) is 16.1. The van der Waals surface area contributed by atoms with E-state index in [4.69, 9.17) is 28.2 Å². The number of nitrogens with one attached hydrogen (secondary N) is 1. The number of benzene rings is 3. The summed E-state index contributed by atoms with van der Waals surface area (Å²) in [5.41, 5.74) is 4.63. The van der Waals surface area contributed by atoms with Crippen LogP contribution in [-0.2, 0) is 16.0 Å². The molecule has 1 aliphatic heterocycles. The molecule has 2 amide bonds. The SMILES string of the molecule is Cc1ccc2nc(-c3ccc(N4C(=O)CC(NCCc5ccc(Cl)cc5Cl)C4=O)cc3)sc2c1. The van der Waals surface area contributed by atoms with Crippen molar-refractivity contribution in [3.05, 3.63) is 81.8 Å². The highest BCUT2D eigenvalue weighted by molar-refractivity contribution is 7.21. The molecule has 1 atom stereocenters. The zero-order chi connectivity index (χ0) is 23.8. The molecule has 5 nitrogen and oxygen atoms in total. The van der Waals surface area contributed by atoms with Gasteiger partial charge in [-0.3, -0.25) is 9.59 Å². The van der Waals surface area contributed by atoms with Gasteiger partial charge in [0.25, 0.3) is 5.91 Å². The van der Waals surface area contributed by atoms with Gasteiger partial charge in [0.15, 0.2) is 0 Å². The lowest BCUT2D eigenvalue weighted by molar-refractivity contribution is -0.121. The average Bonchev–Trinajstić information content (AvgIpc) is 3.35. The maximum Gasteiger partial charge on any atom is 0.251 e. The molecule has 0 saturated carbocycles. The monoisotopic (exact) mass is 509 g/mol. The Morgan fingerprint density at radius 3 is 2.62 bits per heavy atom. The Bertz CT molecular complexity index is 1400. The van der Waals surface area contributed by atoms with Crippen LogP contribution in [0, 0.1) is 6.92 Å². The number of amides is 2. The molecule has 1 aliphatic rings. The number of hydrogen-bond acceptors (Lipinski definition) is 5. The highest BCUT2D eigenvalue weighted by Gasteiger charge is 2.39. The Hall–Kier alpha value is -2.77. The van der Waals surface area contributed by atoms with Crippen molar-refractivity contribution < 1.29 is 9.59 Å². The number of thiazole rings is 1. The van der Waals surface area contributed by atoms with Gasteiger partial charge in [0.05, 0.1) is 28.4 Å². The Labute approximate surface area is 211 Å². The van der Waals surface area contributed by atoms with E-state index in [1.807, 2.05) is 30.3 Å². The lowest BCUT2D eigenvalue weighted by Gasteiger charge is -2.16. The molecule has 172 valence electrons. The van der Waals surface area contributed by atoms with E-state index in [9.17, 15) is 9.59 Å². The predicted octanol–water partition coefficient (Wildman–Crippen LogP) is 6.04. The molecule has 1 N–H and O–H groups in total. The number of nitrogens with zero attached hydrogens (tertiary/aromatic N) is 2. The maximum atomic E-state index is 13.0. The second-order valence-electron chi connectivity index (χ2n) is 8.30. The van der Waals surface area contributed by atoms with Crippen LogP contribution in [0.2, 0.25) is 10.0 Å². The van der Waals surface area contributed by atoms with Crippen molar-refractivity contribution in [1.82, 2.24) is 10.3 Å². The minimum absolute atomic E-state index is 0.131. The molecule has 1 saturated heterocycles. The number of rotatable bonds is 6. The number of hydrogen-bond donors (Lipinski definition) is 1. The summed E-state index contributed by atoms with van der Waals surface area (Å²) in [6.07, 6.45) is 0.760. The third-order valence-electron chi connectivity index (χ3n) is 5.86. The van der Waals surface area contributed by atoms with Gasteiger partial charge in [0.2, 0.25) is 5.91 Å². The molecule has 8 heteroatoms. The maximum absolute atomic E-state index is 13.0. The fraction of sp³-hybridized carbons (Fsp3) is 0.192. The van der Waals surface area contributed by atoms with E-state index >= 15 is 0 Å². The molecule has 0 aliphatic carbocycles. The Morgan fingerprint density at radius 1 is 1.06 bits per heavy atom. The number of aryl methyl sites for hydroxylation is 1. The summed E-state index contributed by atoms with van der Waals surface area (Å²) in [5.74, 6) is -0.453. The van der Waals surface area contributed by atoms with Crippen molar-refractivity contribution in [1.29, 1.82) is 0 Å². The van der Waals surface area contributed by atoms with Gasteiger partial charge in [0, 0.05) is 15.6 Å². The van der Waals surface area contributed by atoms with Crippen LogP contribution in [0.25, 0.3) is 20.8 Å². The van der Waals surface area contributed by atoms with Crippen LogP contribution in [-0.4, -0.2) is 29.4 Å². The molecule has 0 spiro atoms. The van der Waals surface area contributed by atoms with E-state index in [-0.39, 0.29) is 18.2 Å². The van der Waals surface area contributed by atoms with E-state index in [1.165, 1.54) is 10.5 Å². The van der Waals surface area contributed by atoms with Crippen LogP contribution in [0.4, 0.5) is 5.69 Å². The van der Waals surface area contributed by atoms with Crippen LogP contribution in [0.1, 0.15) is 17.5 Å². The number of halogens is 2. The topological polar surface area (TPSA) is 62.3 Å². The first-order valence-corrected chi connectivity index (χ1v) is 12.5. The molecule has 1 aromatic heterocycles. The summed E-state index contributed by atoms with van der Waals surface area (Å²) in [5, 5.41) is 5.28. The van der Waals surface area contributed by atoms with Gasteiger partial charge in [-0.25, -0.2) is 9.88 Å². The number of aromatic nitrogens is 1. The van der Waals surface area contributed by atoms with Crippen LogP contribution >= 0.6 is 34.5 Å². The Kier molecular flexibility index (Phi) is 6.40. The number of imide groups is 1. The minimum atomic E-state index is -0.550. The minimum Gasteiger partial charge on any atom is -0.305 e. The van der Waals surface area contributed by atoms with Crippen molar-refractivity contribution in [3.8, 4) is 10.6 Å². The first-order valence-electron chi connectivity index (χ1n) is 10.9. The highest BCUT2D eigenvalue weighted by Crippen LogP contribution is 2.32. The zero-order valence-electron chi connectivity index (χ0n) is 18.3. The van der Waals surface area contributed by atoms with E-state index in [0.29, 0.717) is 28.7 Å². The van der Waals surface area contributed by atoms with E-state index in [1.54, 1.807) is 35.6 Å². The summed E-state index contributed by atoms with van der Waals surface area (Å²) >= 11 is 13.8. The fourth-order valence-electron chi connectivity index (χ4n) is 4.08. The van der Waals surface area contributed by atoms with Gasteiger partial charge < -0.3 is 5.32 Å². The number of carbonyl (C=O) groups excluding carboxylic acids is 2. The molecule has 34 heavy (non-hydrogen) atoms. The molecular weight excluding hydrogens is 489 g/mol. The highest BCUT2D eigenvalue weighted by atomic mass is 35.5. The molecule has 4 aromatic rings. The lowest BCUT2D eigenvalue weighted by Crippen LogP contribution is -2.39. The summed E-state index contributed by atoms with van der Waals surface area (Å²) in [7, 11) is 0. The van der Waals surface area contributed by atoms with Crippen molar-refractivity contribution in [2.45, 2.75) is 25.8 Å². The van der Waals surface area contributed by atoms with E-state index < -0.39 is 6.04 Å². The average molecular weight is 510 g/mol. The Morgan fingerprint density at radius 2 is 1.85 bits per heavy atom. The second-order valence-corrected chi connectivity index (χ2v) is 10.2. The Balaban J connectivity index is 1.26. The summed E-state index contributed by atoms with van der Waals surface area (Å²) < 4.78 is 1.14. The molecule has 3 aromatic carbocycles. The van der Waals surface area contributed by atoms with E-state index in [2.05, 4.69) is 18.3 Å². The predicted molar refractivity (Wildman–Crippen MR) is 139 cm³/mol. The third kappa shape index (κ3) is 4.59. The zero-order valence-corrected chi connectivity index (χ0v) is 20.7. The molecule has 0 radical (unpaired) electrons. The smallest absolute Gasteiger partial charge is 0.251 e. The van der Waals surface area contributed by atoms with E-state index in [0.717, 1.165) is 26.4 Å². The molecule has 0 bridgehead atoms. The number of anilines is 1. The molecule has 1 unspecified atom stereocenters. The second kappa shape index (κ2) is 9.47. The number of carbonyl (C=O) groups is 2. The summed E-state index contributed by atoms with van der Waals surface area (Å²) in [6.45, 7) is 2.58. The van der Waals surface area contributed by atoms with Gasteiger partial charge >= 0.3 is 0 Å². The van der Waals surface area contributed by atoms with Crippen LogP contribution in [0.5, 0.6) is 0 Å². The van der Waals surface area contributed by atoms with Gasteiger partial charge in [-0.2, -0.15) is 0 Å². The summed E-state index contributed by atoms with van der Waals surface area (Å²) in [6, 6.07) is 18.4. The van der Waals surface area contributed by atoms with Crippen LogP contribution in [0.3, 0.4) is 0 Å². The molecule has 5 rings (SSSR count). The van der Waals surface area contributed by atoms with Gasteiger partial charge in [-0.1, -0.05) is 35.3 Å². The quantitative estimate of drug-likeness (QED) is 0.321. The van der Waals surface area contributed by atoms with Crippen molar-refractivity contribution >= 4 is 62.3 Å². The van der Waals surface area contributed by atoms with Gasteiger partial charge in [-0.15, -0.1) is 11.3 Å². The lowest BCUT2D eigenvalue weighted by atomic mass is 10.1. The standard InChI is InChI=1S/C26H21Cl2N3O2S/c1-15-2-9-21-23(12-15)34-25(30-21)17-4-7-19(8-5-17)31-24(32)14-22(26(31)33)29-11-10-16-3-6-18(27)13-20(16)28/h2-9,12-13,22,29H,10-11,14H2,1H3. The number of fused-ring (bicyclic) bond motifs is 1. The third-order valence-corrected chi connectivity index (χ3v) is 7.52. The fourth-order valence-corrected chi connectivity index (χ4v) is 5.65. The van der Waals surface area contributed by atoms with Crippen LogP contribution in [0.15, 0.2) is 60.7 Å². The van der Waals surface area contributed by atoms with Crippen molar-refractivity contribution in [2.75, 3.05) is 11.4 Å². The first kappa shape index (κ1) is 23.0. The summed E-state index contributed by atoms with van der Waals surface area (Å²) in [4.78, 5) is 31.6.